The summed E-state index contributed by atoms with van der Waals surface area (Å²) >= 11 is 0. The highest BCUT2D eigenvalue weighted by atomic mass is 16.5. The van der Waals surface area contributed by atoms with Gasteiger partial charge in [0.1, 0.15) is 12.0 Å². The van der Waals surface area contributed by atoms with E-state index in [1.165, 1.54) is 6.33 Å². The minimum absolute atomic E-state index is 0.340. The molecule has 1 saturated heterocycles. The number of rotatable bonds is 5. The molecule has 0 atom stereocenters. The summed E-state index contributed by atoms with van der Waals surface area (Å²) in [5.74, 6) is 1.68. The molecule has 3 rings (SSSR count). The Hall–Kier alpha value is -2.83. The molecule has 2 heterocycles. The van der Waals surface area contributed by atoms with Crippen LogP contribution in [-0.2, 0) is 4.74 Å². The van der Waals surface area contributed by atoms with Gasteiger partial charge in [0.2, 0.25) is 0 Å². The summed E-state index contributed by atoms with van der Waals surface area (Å²) in [4.78, 5) is 22.7. The highest BCUT2D eigenvalue weighted by molar-refractivity contribution is 5.91. The standard InChI is InChI=1S/C19H25N5O2/c1-3-26-19(25)14-5-4-6-15(11-14)23-17-16(20)18(22-12-21-17)24-9-7-13(2)8-10-24/h4-6,11-13H,3,7-10,20H2,1-2H3,(H,21,22,23). The number of nitrogens with two attached hydrogens (primary N) is 1. The highest BCUT2D eigenvalue weighted by Crippen LogP contribution is 2.31. The van der Waals surface area contributed by atoms with E-state index in [4.69, 9.17) is 10.5 Å². The molecule has 0 bridgehead atoms. The van der Waals surface area contributed by atoms with Crippen molar-refractivity contribution in [2.75, 3.05) is 35.6 Å². The molecule has 0 spiro atoms. The van der Waals surface area contributed by atoms with Gasteiger partial charge in [-0.25, -0.2) is 14.8 Å². The summed E-state index contributed by atoms with van der Waals surface area (Å²) in [5, 5.41) is 3.19. The molecule has 0 saturated carbocycles. The highest BCUT2D eigenvalue weighted by Gasteiger charge is 2.20. The zero-order valence-corrected chi connectivity index (χ0v) is 15.2. The van der Waals surface area contributed by atoms with Crippen molar-refractivity contribution in [3.63, 3.8) is 0 Å². The monoisotopic (exact) mass is 355 g/mol. The van der Waals surface area contributed by atoms with Crippen molar-refractivity contribution in [2.24, 2.45) is 5.92 Å². The maximum atomic E-state index is 11.9. The maximum Gasteiger partial charge on any atom is 0.338 e. The lowest BCUT2D eigenvalue weighted by Gasteiger charge is -2.32. The largest absolute Gasteiger partial charge is 0.462 e. The van der Waals surface area contributed by atoms with E-state index in [0.717, 1.165) is 43.4 Å². The number of nitrogen functional groups attached to an aromatic ring is 1. The Bertz CT molecular complexity index is 772. The summed E-state index contributed by atoms with van der Waals surface area (Å²) in [7, 11) is 0. The molecule has 1 aromatic heterocycles. The van der Waals surface area contributed by atoms with E-state index < -0.39 is 0 Å². The molecule has 3 N–H and O–H groups in total. The van der Waals surface area contributed by atoms with E-state index >= 15 is 0 Å². The van der Waals surface area contributed by atoms with Crippen molar-refractivity contribution in [1.29, 1.82) is 0 Å². The zero-order chi connectivity index (χ0) is 18.5. The second kappa shape index (κ2) is 8.03. The predicted octanol–water partition coefficient (Wildman–Crippen LogP) is 3.22. The molecule has 1 aliphatic heterocycles. The number of piperidine rings is 1. The fourth-order valence-corrected chi connectivity index (χ4v) is 3.03. The summed E-state index contributed by atoms with van der Waals surface area (Å²) in [5.41, 5.74) is 8.04. The van der Waals surface area contributed by atoms with Gasteiger partial charge < -0.3 is 20.7 Å². The average molecular weight is 355 g/mol. The average Bonchev–Trinajstić information content (AvgIpc) is 2.65. The Morgan fingerprint density at radius 3 is 2.85 bits per heavy atom. The lowest BCUT2D eigenvalue weighted by atomic mass is 9.99. The lowest BCUT2D eigenvalue weighted by Crippen LogP contribution is -2.34. The number of hydrogen-bond acceptors (Lipinski definition) is 7. The number of esters is 1. The number of aromatic nitrogens is 2. The molecule has 0 unspecified atom stereocenters. The quantitative estimate of drug-likeness (QED) is 0.795. The van der Waals surface area contributed by atoms with Crippen LogP contribution in [0.4, 0.5) is 23.0 Å². The number of nitrogens with one attached hydrogen (secondary N) is 1. The number of ether oxygens (including phenoxy) is 1. The topological polar surface area (TPSA) is 93.4 Å². The van der Waals surface area contributed by atoms with Gasteiger partial charge >= 0.3 is 5.97 Å². The Balaban J connectivity index is 1.79. The van der Waals surface area contributed by atoms with Crippen molar-refractivity contribution in [1.82, 2.24) is 9.97 Å². The van der Waals surface area contributed by atoms with Gasteiger partial charge in [-0.1, -0.05) is 13.0 Å². The zero-order valence-electron chi connectivity index (χ0n) is 15.2. The molecule has 7 heteroatoms. The normalized spacial score (nSPS) is 14.9. The first kappa shape index (κ1) is 18.0. The summed E-state index contributed by atoms with van der Waals surface area (Å²) in [6.07, 6.45) is 3.78. The third-order valence-corrected chi connectivity index (χ3v) is 4.58. The molecule has 0 amide bonds. The lowest BCUT2D eigenvalue weighted by molar-refractivity contribution is 0.0526. The van der Waals surface area contributed by atoms with E-state index in [1.807, 2.05) is 6.07 Å². The molecule has 1 fully saturated rings. The van der Waals surface area contributed by atoms with Crippen LogP contribution in [0.3, 0.4) is 0 Å². The Labute approximate surface area is 153 Å². The number of anilines is 4. The van der Waals surface area contributed by atoms with Gasteiger partial charge in [0.05, 0.1) is 12.2 Å². The fourth-order valence-electron chi connectivity index (χ4n) is 3.03. The van der Waals surface area contributed by atoms with Gasteiger partial charge in [-0.2, -0.15) is 0 Å². The number of hydrogen-bond donors (Lipinski definition) is 2. The third-order valence-electron chi connectivity index (χ3n) is 4.58. The molecule has 138 valence electrons. The molecular weight excluding hydrogens is 330 g/mol. The molecule has 1 aromatic carbocycles. The molecular formula is C19H25N5O2. The van der Waals surface area contributed by atoms with Gasteiger partial charge in [-0.3, -0.25) is 0 Å². The first-order valence-corrected chi connectivity index (χ1v) is 8.98. The van der Waals surface area contributed by atoms with Crippen molar-refractivity contribution < 1.29 is 9.53 Å². The van der Waals surface area contributed by atoms with Crippen LogP contribution in [0.5, 0.6) is 0 Å². The van der Waals surface area contributed by atoms with E-state index in [-0.39, 0.29) is 5.97 Å². The number of carbonyl (C=O) groups excluding carboxylic acids is 1. The summed E-state index contributed by atoms with van der Waals surface area (Å²) < 4.78 is 5.04. The van der Waals surface area contributed by atoms with Crippen LogP contribution in [-0.4, -0.2) is 35.6 Å². The minimum atomic E-state index is -0.352. The Morgan fingerprint density at radius 2 is 2.12 bits per heavy atom. The van der Waals surface area contributed by atoms with Crippen LogP contribution in [0.25, 0.3) is 0 Å². The minimum Gasteiger partial charge on any atom is -0.462 e. The summed E-state index contributed by atoms with van der Waals surface area (Å²) in [6.45, 7) is 6.28. The smallest absolute Gasteiger partial charge is 0.338 e. The van der Waals surface area contributed by atoms with Crippen molar-refractivity contribution in [3.05, 3.63) is 36.2 Å². The second-order valence-corrected chi connectivity index (χ2v) is 6.56. The Morgan fingerprint density at radius 1 is 1.35 bits per heavy atom. The van der Waals surface area contributed by atoms with Crippen LogP contribution in [0.2, 0.25) is 0 Å². The molecule has 7 nitrogen and oxygen atoms in total. The Kier molecular flexibility index (Phi) is 5.55. The van der Waals surface area contributed by atoms with Crippen LogP contribution >= 0.6 is 0 Å². The van der Waals surface area contributed by atoms with Crippen LogP contribution in [0.15, 0.2) is 30.6 Å². The van der Waals surface area contributed by atoms with E-state index in [1.54, 1.807) is 25.1 Å². The van der Waals surface area contributed by atoms with Crippen molar-refractivity contribution in [3.8, 4) is 0 Å². The molecule has 2 aromatic rings. The van der Waals surface area contributed by atoms with Gasteiger partial charge in [0, 0.05) is 18.8 Å². The third kappa shape index (κ3) is 4.04. The fraction of sp³-hybridized carbons (Fsp3) is 0.421. The van der Waals surface area contributed by atoms with Crippen molar-refractivity contribution >= 4 is 29.0 Å². The van der Waals surface area contributed by atoms with Crippen LogP contribution < -0.4 is 16.0 Å². The van der Waals surface area contributed by atoms with Gasteiger partial charge in [-0.05, 0) is 43.9 Å². The molecule has 0 radical (unpaired) electrons. The second-order valence-electron chi connectivity index (χ2n) is 6.56. The van der Waals surface area contributed by atoms with E-state index in [2.05, 4.69) is 27.1 Å². The van der Waals surface area contributed by atoms with Gasteiger partial charge in [0.25, 0.3) is 0 Å². The first-order valence-electron chi connectivity index (χ1n) is 8.98. The predicted molar refractivity (Wildman–Crippen MR) is 103 cm³/mol. The number of carbonyl (C=O) groups is 1. The van der Waals surface area contributed by atoms with Crippen LogP contribution in [0.1, 0.15) is 37.0 Å². The molecule has 1 aliphatic rings. The molecule has 0 aliphatic carbocycles. The van der Waals surface area contributed by atoms with Gasteiger partial charge in [0.15, 0.2) is 11.6 Å². The first-order chi connectivity index (χ1) is 12.6. The molecule has 26 heavy (non-hydrogen) atoms. The summed E-state index contributed by atoms with van der Waals surface area (Å²) in [6, 6.07) is 7.08. The van der Waals surface area contributed by atoms with Crippen LogP contribution in [0, 0.1) is 5.92 Å². The maximum absolute atomic E-state index is 11.9. The van der Waals surface area contributed by atoms with E-state index in [9.17, 15) is 4.79 Å². The number of benzene rings is 1. The van der Waals surface area contributed by atoms with Gasteiger partial charge in [-0.15, -0.1) is 0 Å². The number of nitrogens with zero attached hydrogens (tertiary/aromatic N) is 3. The van der Waals surface area contributed by atoms with E-state index in [0.29, 0.717) is 23.7 Å². The van der Waals surface area contributed by atoms with Crippen molar-refractivity contribution in [2.45, 2.75) is 26.7 Å². The SMILES string of the molecule is CCOC(=O)c1cccc(Nc2ncnc(N3CCC(C)CC3)c2N)c1.